The van der Waals surface area contributed by atoms with E-state index in [1.54, 1.807) is 0 Å². The molecule has 2 aromatic rings. The van der Waals surface area contributed by atoms with E-state index >= 15 is 0 Å². The molecule has 18 heavy (non-hydrogen) atoms. The molecule has 2 rings (SSSR count). The molecule has 0 aliphatic heterocycles. The summed E-state index contributed by atoms with van der Waals surface area (Å²) >= 11 is 11.6. The molecule has 0 radical (unpaired) electrons. The second kappa shape index (κ2) is 4.51. The van der Waals surface area contributed by atoms with Gasteiger partial charge in [0, 0.05) is 12.3 Å². The van der Waals surface area contributed by atoms with Crippen LogP contribution in [0.25, 0.3) is 10.9 Å². The Kier molecular flexibility index (Phi) is 3.19. The molecule has 0 saturated carbocycles. The van der Waals surface area contributed by atoms with Crippen LogP contribution in [0.15, 0.2) is 16.9 Å². The van der Waals surface area contributed by atoms with Gasteiger partial charge in [-0.15, -0.1) is 0 Å². The third-order valence-corrected chi connectivity index (χ3v) is 3.05. The second-order valence-corrected chi connectivity index (χ2v) is 4.49. The van der Waals surface area contributed by atoms with Crippen molar-refractivity contribution in [3.05, 3.63) is 32.5 Å². The van der Waals surface area contributed by atoms with Crippen LogP contribution in [-0.4, -0.2) is 16.0 Å². The third kappa shape index (κ3) is 2.14. The summed E-state index contributed by atoms with van der Waals surface area (Å²) in [6.07, 6.45) is 0. The van der Waals surface area contributed by atoms with E-state index in [1.165, 1.54) is 19.1 Å². The van der Waals surface area contributed by atoms with Crippen LogP contribution in [0.5, 0.6) is 5.75 Å². The predicted molar refractivity (Wildman–Crippen MR) is 70.6 cm³/mol. The number of carbonyl (C=O) groups is 1. The number of aromatic nitrogens is 1. The Morgan fingerprint density at radius 1 is 1.33 bits per heavy atom. The molecule has 94 valence electrons. The SMILES string of the molecule is CC(=O)Nc1c(O)c2cc(Cl)c(Cl)cc2[nH]c1=O. The molecule has 7 heteroatoms. The molecule has 0 spiro atoms. The number of pyridine rings is 1. The van der Waals surface area contributed by atoms with E-state index in [9.17, 15) is 14.7 Å². The Morgan fingerprint density at radius 3 is 2.56 bits per heavy atom. The molecule has 0 fully saturated rings. The monoisotopic (exact) mass is 286 g/mol. The highest BCUT2D eigenvalue weighted by Crippen LogP contribution is 2.33. The van der Waals surface area contributed by atoms with Crippen LogP contribution in [0.1, 0.15) is 6.92 Å². The minimum absolute atomic E-state index is 0.214. The zero-order valence-corrected chi connectivity index (χ0v) is 10.7. The van der Waals surface area contributed by atoms with E-state index < -0.39 is 11.5 Å². The van der Waals surface area contributed by atoms with Gasteiger partial charge in [0.1, 0.15) is 5.69 Å². The summed E-state index contributed by atoms with van der Waals surface area (Å²) < 4.78 is 0. The molecule has 0 aliphatic rings. The first-order valence-electron chi connectivity index (χ1n) is 4.91. The van der Waals surface area contributed by atoms with Gasteiger partial charge in [0.2, 0.25) is 5.91 Å². The number of aromatic hydroxyl groups is 1. The summed E-state index contributed by atoms with van der Waals surface area (Å²) in [5.74, 6) is -0.808. The molecule has 1 aromatic carbocycles. The molecule has 5 nitrogen and oxygen atoms in total. The average molecular weight is 287 g/mol. The zero-order chi connectivity index (χ0) is 13.4. The number of nitrogens with one attached hydrogen (secondary N) is 2. The number of halogens is 2. The summed E-state index contributed by atoms with van der Waals surface area (Å²) in [4.78, 5) is 25.1. The number of amides is 1. The standard InChI is InChI=1S/C11H8Cl2N2O3/c1-4(16)14-9-10(17)5-2-6(12)7(13)3-8(5)15-11(9)18/h2-3H,1H3,(H,14,16)(H2,15,17,18). The van der Waals surface area contributed by atoms with E-state index in [2.05, 4.69) is 10.3 Å². The van der Waals surface area contributed by atoms with Crippen LogP contribution in [0, 0.1) is 0 Å². The smallest absolute Gasteiger partial charge is 0.276 e. The van der Waals surface area contributed by atoms with Gasteiger partial charge in [0.15, 0.2) is 5.75 Å². The van der Waals surface area contributed by atoms with Gasteiger partial charge in [-0.2, -0.15) is 0 Å². The van der Waals surface area contributed by atoms with Gasteiger partial charge in [-0.05, 0) is 12.1 Å². The molecule has 0 bridgehead atoms. The van der Waals surface area contributed by atoms with Crippen LogP contribution in [0.4, 0.5) is 5.69 Å². The van der Waals surface area contributed by atoms with Gasteiger partial charge < -0.3 is 15.4 Å². The van der Waals surface area contributed by atoms with Gasteiger partial charge in [-0.25, -0.2) is 0 Å². The lowest BCUT2D eigenvalue weighted by Crippen LogP contribution is -2.17. The molecule has 0 saturated heterocycles. The number of benzene rings is 1. The minimum Gasteiger partial charge on any atom is -0.505 e. The number of aromatic amines is 1. The van der Waals surface area contributed by atoms with Crippen molar-refractivity contribution in [3.63, 3.8) is 0 Å². The van der Waals surface area contributed by atoms with E-state index in [0.717, 1.165) is 0 Å². The number of hydrogen-bond acceptors (Lipinski definition) is 3. The highest BCUT2D eigenvalue weighted by atomic mass is 35.5. The van der Waals surface area contributed by atoms with E-state index in [0.29, 0.717) is 10.9 Å². The van der Waals surface area contributed by atoms with E-state index in [4.69, 9.17) is 23.2 Å². The van der Waals surface area contributed by atoms with Gasteiger partial charge in [0.05, 0.1) is 15.6 Å². The lowest BCUT2D eigenvalue weighted by molar-refractivity contribution is -0.114. The van der Waals surface area contributed by atoms with Crippen LogP contribution in [-0.2, 0) is 4.79 Å². The normalized spacial score (nSPS) is 10.6. The number of fused-ring (bicyclic) bond motifs is 1. The Morgan fingerprint density at radius 2 is 1.94 bits per heavy atom. The van der Waals surface area contributed by atoms with Gasteiger partial charge in [-0.3, -0.25) is 9.59 Å². The summed E-state index contributed by atoms with van der Waals surface area (Å²) in [5, 5.41) is 13.0. The van der Waals surface area contributed by atoms with Crippen molar-refractivity contribution in [3.8, 4) is 5.75 Å². The number of rotatable bonds is 1. The first kappa shape index (κ1) is 12.7. The van der Waals surface area contributed by atoms with Crippen molar-refractivity contribution in [1.82, 2.24) is 4.98 Å². The maximum Gasteiger partial charge on any atom is 0.276 e. The lowest BCUT2D eigenvalue weighted by atomic mass is 10.2. The fourth-order valence-corrected chi connectivity index (χ4v) is 1.89. The Hall–Kier alpha value is -1.72. The van der Waals surface area contributed by atoms with Crippen molar-refractivity contribution in [2.24, 2.45) is 0 Å². The minimum atomic E-state index is -0.617. The lowest BCUT2D eigenvalue weighted by Gasteiger charge is -2.08. The summed E-state index contributed by atoms with van der Waals surface area (Å²) in [6.45, 7) is 1.23. The van der Waals surface area contributed by atoms with Crippen LogP contribution in [0.3, 0.4) is 0 Å². The van der Waals surface area contributed by atoms with Crippen LogP contribution >= 0.6 is 23.2 Å². The molecular weight excluding hydrogens is 279 g/mol. The molecular formula is C11H8Cl2N2O3. The van der Waals surface area contributed by atoms with Crippen LogP contribution < -0.4 is 10.9 Å². The van der Waals surface area contributed by atoms with Crippen molar-refractivity contribution in [1.29, 1.82) is 0 Å². The average Bonchev–Trinajstić information content (AvgIpc) is 2.27. The zero-order valence-electron chi connectivity index (χ0n) is 9.17. The van der Waals surface area contributed by atoms with Crippen molar-refractivity contribution >= 4 is 45.7 Å². The van der Waals surface area contributed by atoms with Gasteiger partial charge >= 0.3 is 0 Å². The maximum absolute atomic E-state index is 11.7. The van der Waals surface area contributed by atoms with Crippen molar-refractivity contribution in [2.45, 2.75) is 6.92 Å². The summed E-state index contributed by atoms with van der Waals surface area (Å²) in [7, 11) is 0. The van der Waals surface area contributed by atoms with Gasteiger partial charge in [-0.1, -0.05) is 23.2 Å². The Balaban J connectivity index is 2.80. The first-order chi connectivity index (χ1) is 8.40. The van der Waals surface area contributed by atoms with E-state index in [-0.39, 0.29) is 21.5 Å². The molecule has 0 atom stereocenters. The second-order valence-electron chi connectivity index (χ2n) is 3.67. The molecule has 3 N–H and O–H groups in total. The number of hydrogen-bond donors (Lipinski definition) is 3. The third-order valence-electron chi connectivity index (χ3n) is 2.33. The highest BCUT2D eigenvalue weighted by molar-refractivity contribution is 6.42. The van der Waals surface area contributed by atoms with Gasteiger partial charge in [0.25, 0.3) is 5.56 Å². The Labute approximate surface area is 111 Å². The molecule has 1 amide bonds. The topological polar surface area (TPSA) is 82.2 Å². The van der Waals surface area contributed by atoms with Crippen molar-refractivity contribution in [2.75, 3.05) is 5.32 Å². The fraction of sp³-hybridized carbons (Fsp3) is 0.0909. The molecule has 1 aromatic heterocycles. The first-order valence-corrected chi connectivity index (χ1v) is 5.67. The number of carbonyl (C=O) groups excluding carboxylic acids is 1. The number of anilines is 1. The molecule has 0 unspecified atom stereocenters. The fourth-order valence-electron chi connectivity index (χ4n) is 1.57. The summed E-state index contributed by atoms with van der Waals surface area (Å²) in [6, 6.07) is 2.84. The Bertz CT molecular complexity index is 709. The quantitative estimate of drug-likeness (QED) is 0.753. The van der Waals surface area contributed by atoms with Crippen molar-refractivity contribution < 1.29 is 9.90 Å². The largest absolute Gasteiger partial charge is 0.505 e. The highest BCUT2D eigenvalue weighted by Gasteiger charge is 2.14. The predicted octanol–water partition coefficient (Wildman–Crippen LogP) is 2.50. The van der Waals surface area contributed by atoms with Crippen LogP contribution in [0.2, 0.25) is 10.0 Å². The molecule has 0 aliphatic carbocycles. The van der Waals surface area contributed by atoms with E-state index in [1.807, 2.05) is 0 Å². The number of H-pyrrole nitrogens is 1. The maximum atomic E-state index is 11.7. The molecule has 1 heterocycles. The summed E-state index contributed by atoms with van der Waals surface area (Å²) in [5.41, 5.74) is -0.497.